The van der Waals surface area contributed by atoms with Gasteiger partial charge in [-0.1, -0.05) is 19.1 Å². The van der Waals surface area contributed by atoms with Crippen molar-refractivity contribution in [3.63, 3.8) is 0 Å². The molecule has 0 spiro atoms. The number of nitrogens with two attached hydrogens (primary N) is 1. The van der Waals surface area contributed by atoms with E-state index in [2.05, 4.69) is 6.92 Å². The van der Waals surface area contributed by atoms with E-state index < -0.39 is 0 Å². The number of thiocarbonyl (C=S) groups is 1. The van der Waals surface area contributed by atoms with Crippen molar-refractivity contribution in [2.75, 3.05) is 13.2 Å². The summed E-state index contributed by atoms with van der Waals surface area (Å²) in [6.07, 6.45) is 1.24. The van der Waals surface area contributed by atoms with Gasteiger partial charge in [0, 0.05) is 25.6 Å². The minimum absolute atomic E-state index is 0.0706. The van der Waals surface area contributed by atoms with Crippen LogP contribution in [-0.4, -0.2) is 41.1 Å². The van der Waals surface area contributed by atoms with Crippen LogP contribution >= 0.6 is 12.2 Å². The van der Waals surface area contributed by atoms with Crippen molar-refractivity contribution >= 4 is 23.1 Å². The third-order valence-corrected chi connectivity index (χ3v) is 3.34. The van der Waals surface area contributed by atoms with Crippen molar-refractivity contribution in [2.45, 2.75) is 45.8 Å². The number of ether oxygens (including phenoxy) is 1. The second-order valence-electron chi connectivity index (χ2n) is 4.90. The van der Waals surface area contributed by atoms with Crippen LogP contribution in [0, 0.1) is 5.92 Å². The van der Waals surface area contributed by atoms with Crippen molar-refractivity contribution in [2.24, 2.45) is 11.7 Å². The van der Waals surface area contributed by atoms with Crippen LogP contribution in [0.15, 0.2) is 0 Å². The molecule has 4 nitrogen and oxygen atoms in total. The lowest BCUT2D eigenvalue weighted by Crippen LogP contribution is -2.46. The predicted octanol–water partition coefficient (Wildman–Crippen LogP) is 1.32. The third kappa shape index (κ3) is 3.92. The van der Waals surface area contributed by atoms with Crippen molar-refractivity contribution < 1.29 is 9.53 Å². The van der Waals surface area contributed by atoms with Gasteiger partial charge in [0.15, 0.2) is 0 Å². The average molecular weight is 258 g/mol. The van der Waals surface area contributed by atoms with Crippen molar-refractivity contribution in [1.29, 1.82) is 0 Å². The van der Waals surface area contributed by atoms with E-state index in [0.29, 0.717) is 30.5 Å². The van der Waals surface area contributed by atoms with Crippen LogP contribution in [-0.2, 0) is 9.53 Å². The van der Waals surface area contributed by atoms with Crippen LogP contribution in [0.3, 0.4) is 0 Å². The summed E-state index contributed by atoms with van der Waals surface area (Å²) >= 11 is 4.85. The number of rotatable bonds is 5. The van der Waals surface area contributed by atoms with E-state index in [0.717, 1.165) is 6.42 Å². The highest BCUT2D eigenvalue weighted by molar-refractivity contribution is 7.80. The van der Waals surface area contributed by atoms with Gasteiger partial charge in [0.1, 0.15) is 6.10 Å². The zero-order valence-corrected chi connectivity index (χ0v) is 11.6. The molecule has 2 unspecified atom stereocenters. The molecule has 2 N–H and O–H groups in total. The molecule has 0 aromatic heterocycles. The van der Waals surface area contributed by atoms with E-state index in [-0.39, 0.29) is 18.1 Å². The number of carbonyl (C=O) groups excluding carboxylic acids is 1. The topological polar surface area (TPSA) is 55.6 Å². The minimum atomic E-state index is -0.288. The van der Waals surface area contributed by atoms with Gasteiger partial charge in [-0.15, -0.1) is 0 Å². The second-order valence-corrected chi connectivity index (χ2v) is 5.42. The smallest absolute Gasteiger partial charge is 0.252 e. The SMILES string of the molecule is CC1CCOC1C(=O)N(CCC(N)=S)C(C)C. The quantitative estimate of drug-likeness (QED) is 0.756. The van der Waals surface area contributed by atoms with Gasteiger partial charge in [0.05, 0.1) is 4.99 Å². The molecule has 1 aliphatic heterocycles. The van der Waals surface area contributed by atoms with Gasteiger partial charge in [-0.3, -0.25) is 4.79 Å². The Hall–Kier alpha value is -0.680. The molecule has 1 fully saturated rings. The average Bonchev–Trinajstić information content (AvgIpc) is 2.63. The van der Waals surface area contributed by atoms with Gasteiger partial charge in [0.2, 0.25) is 0 Å². The Morgan fingerprint density at radius 2 is 2.24 bits per heavy atom. The van der Waals surface area contributed by atoms with Gasteiger partial charge in [-0.05, 0) is 26.2 Å². The molecule has 1 aliphatic rings. The molecule has 1 rings (SSSR count). The van der Waals surface area contributed by atoms with Crippen LogP contribution in [0.2, 0.25) is 0 Å². The highest BCUT2D eigenvalue weighted by Crippen LogP contribution is 2.22. The van der Waals surface area contributed by atoms with Gasteiger partial charge >= 0.3 is 0 Å². The largest absolute Gasteiger partial charge is 0.393 e. The first-order valence-electron chi connectivity index (χ1n) is 6.14. The number of hydrogen-bond acceptors (Lipinski definition) is 3. The fourth-order valence-corrected chi connectivity index (χ4v) is 2.12. The van der Waals surface area contributed by atoms with E-state index in [1.165, 1.54) is 0 Å². The maximum absolute atomic E-state index is 12.3. The van der Waals surface area contributed by atoms with E-state index in [1.807, 2.05) is 18.7 Å². The maximum Gasteiger partial charge on any atom is 0.252 e. The summed E-state index contributed by atoms with van der Waals surface area (Å²) < 4.78 is 5.51. The molecule has 0 radical (unpaired) electrons. The second kappa shape index (κ2) is 6.31. The standard InChI is InChI=1S/C12H22N2O2S/c1-8(2)14(6-4-10(13)17)12(15)11-9(3)5-7-16-11/h8-9,11H,4-7H2,1-3H3,(H2,13,17). The molecule has 1 amide bonds. The van der Waals surface area contributed by atoms with Crippen LogP contribution in [0.4, 0.5) is 0 Å². The van der Waals surface area contributed by atoms with Gasteiger partial charge in [-0.2, -0.15) is 0 Å². The molecule has 0 aromatic carbocycles. The number of hydrogen-bond donors (Lipinski definition) is 1. The Labute approximate surface area is 108 Å². The van der Waals surface area contributed by atoms with E-state index in [4.69, 9.17) is 22.7 Å². The number of carbonyl (C=O) groups is 1. The van der Waals surface area contributed by atoms with Crippen LogP contribution < -0.4 is 5.73 Å². The fourth-order valence-electron chi connectivity index (χ4n) is 2.03. The van der Waals surface area contributed by atoms with Crippen LogP contribution in [0.5, 0.6) is 0 Å². The molecule has 98 valence electrons. The molecule has 5 heteroatoms. The van der Waals surface area contributed by atoms with E-state index >= 15 is 0 Å². The predicted molar refractivity (Wildman–Crippen MR) is 71.8 cm³/mol. The van der Waals surface area contributed by atoms with Crippen molar-refractivity contribution in [3.05, 3.63) is 0 Å². The number of nitrogens with zero attached hydrogens (tertiary/aromatic N) is 1. The van der Waals surface area contributed by atoms with Crippen molar-refractivity contribution in [1.82, 2.24) is 4.90 Å². The molecule has 17 heavy (non-hydrogen) atoms. The zero-order valence-electron chi connectivity index (χ0n) is 10.8. The molecule has 0 bridgehead atoms. The molecule has 0 saturated carbocycles. The Bertz CT molecular complexity index is 294. The van der Waals surface area contributed by atoms with Crippen molar-refractivity contribution in [3.8, 4) is 0 Å². The summed E-state index contributed by atoms with van der Waals surface area (Å²) in [5, 5.41) is 0. The first kappa shape index (κ1) is 14.4. The van der Waals surface area contributed by atoms with Gasteiger partial charge < -0.3 is 15.4 Å². The van der Waals surface area contributed by atoms with Gasteiger partial charge in [-0.25, -0.2) is 0 Å². The lowest BCUT2D eigenvalue weighted by molar-refractivity contribution is -0.144. The summed E-state index contributed by atoms with van der Waals surface area (Å²) in [6, 6.07) is 0.147. The lowest BCUT2D eigenvalue weighted by Gasteiger charge is -2.30. The normalized spacial score (nSPS) is 24.0. The molecular formula is C12H22N2O2S. The highest BCUT2D eigenvalue weighted by Gasteiger charge is 2.34. The summed E-state index contributed by atoms with van der Waals surface area (Å²) in [5.74, 6) is 0.370. The highest BCUT2D eigenvalue weighted by atomic mass is 32.1. The first-order valence-corrected chi connectivity index (χ1v) is 6.54. The molecule has 2 atom stereocenters. The first-order chi connectivity index (χ1) is 7.93. The fraction of sp³-hybridized carbons (Fsp3) is 0.833. The Kier molecular flexibility index (Phi) is 5.33. The lowest BCUT2D eigenvalue weighted by atomic mass is 10.0. The third-order valence-electron chi connectivity index (χ3n) is 3.14. The van der Waals surface area contributed by atoms with Crippen LogP contribution in [0.1, 0.15) is 33.6 Å². The minimum Gasteiger partial charge on any atom is -0.393 e. The Morgan fingerprint density at radius 3 is 2.65 bits per heavy atom. The molecule has 1 heterocycles. The summed E-state index contributed by atoms with van der Waals surface area (Å²) in [7, 11) is 0. The Balaban J connectivity index is 2.63. The molecule has 0 aromatic rings. The Morgan fingerprint density at radius 1 is 1.59 bits per heavy atom. The van der Waals surface area contributed by atoms with E-state index in [9.17, 15) is 4.79 Å². The zero-order chi connectivity index (χ0) is 13.0. The van der Waals surface area contributed by atoms with E-state index in [1.54, 1.807) is 0 Å². The summed E-state index contributed by atoms with van der Waals surface area (Å²) in [4.78, 5) is 14.6. The number of amides is 1. The molecule has 1 saturated heterocycles. The summed E-state index contributed by atoms with van der Waals surface area (Å²) in [5.41, 5.74) is 5.48. The molecule has 0 aliphatic carbocycles. The summed E-state index contributed by atoms with van der Waals surface area (Å²) in [6.45, 7) is 7.31. The maximum atomic E-state index is 12.3. The van der Waals surface area contributed by atoms with Crippen LogP contribution in [0.25, 0.3) is 0 Å². The molecular weight excluding hydrogens is 236 g/mol. The monoisotopic (exact) mass is 258 g/mol. The van der Waals surface area contributed by atoms with Gasteiger partial charge in [0.25, 0.3) is 5.91 Å².